The second kappa shape index (κ2) is 7.25. The number of piperidine rings is 1. The topological polar surface area (TPSA) is 38.8 Å². The number of rotatable bonds is 4. The summed E-state index contributed by atoms with van der Waals surface area (Å²) in [6.45, 7) is 6.21. The van der Waals surface area contributed by atoms with Crippen LogP contribution in [0.15, 0.2) is 0 Å². The molecule has 110 valence electrons. The van der Waals surface area contributed by atoms with Gasteiger partial charge in [-0.15, -0.1) is 0 Å². The van der Waals surface area contributed by atoms with E-state index < -0.39 is 0 Å². The SMILES string of the molecule is CCOC(=O)CC1(N2CCCCC2)CCCOCC1. The Morgan fingerprint density at radius 2 is 1.95 bits per heavy atom. The van der Waals surface area contributed by atoms with Crippen molar-refractivity contribution in [2.75, 3.05) is 32.9 Å². The van der Waals surface area contributed by atoms with E-state index in [1.54, 1.807) is 0 Å². The van der Waals surface area contributed by atoms with Crippen LogP contribution in [-0.2, 0) is 14.3 Å². The number of hydrogen-bond donors (Lipinski definition) is 0. The van der Waals surface area contributed by atoms with Crippen molar-refractivity contribution in [1.82, 2.24) is 4.90 Å². The Kier molecular flexibility index (Phi) is 5.64. The van der Waals surface area contributed by atoms with Gasteiger partial charge in [0.2, 0.25) is 0 Å². The number of likely N-dealkylation sites (tertiary alicyclic amines) is 1. The highest BCUT2D eigenvalue weighted by Gasteiger charge is 2.40. The first kappa shape index (κ1) is 14.8. The van der Waals surface area contributed by atoms with Crippen molar-refractivity contribution in [2.45, 2.75) is 57.4 Å². The second-order valence-corrected chi connectivity index (χ2v) is 5.72. The number of carbonyl (C=O) groups is 1. The van der Waals surface area contributed by atoms with Crippen LogP contribution in [-0.4, -0.2) is 49.3 Å². The maximum absolute atomic E-state index is 12.0. The Balaban J connectivity index is 2.07. The van der Waals surface area contributed by atoms with E-state index in [9.17, 15) is 4.79 Å². The number of nitrogens with zero attached hydrogens (tertiary/aromatic N) is 1. The van der Waals surface area contributed by atoms with Crippen LogP contribution < -0.4 is 0 Å². The van der Waals surface area contributed by atoms with Crippen molar-refractivity contribution in [1.29, 1.82) is 0 Å². The molecule has 0 aliphatic carbocycles. The van der Waals surface area contributed by atoms with Gasteiger partial charge in [-0.05, 0) is 52.1 Å². The normalized spacial score (nSPS) is 29.7. The molecular formula is C15H27NO3. The van der Waals surface area contributed by atoms with Crippen LogP contribution in [0, 0.1) is 0 Å². The zero-order valence-corrected chi connectivity index (χ0v) is 12.2. The van der Waals surface area contributed by atoms with E-state index >= 15 is 0 Å². The van der Waals surface area contributed by atoms with Crippen LogP contribution in [0.1, 0.15) is 51.9 Å². The molecule has 0 N–H and O–H groups in total. The van der Waals surface area contributed by atoms with Gasteiger partial charge in [0, 0.05) is 18.8 Å². The van der Waals surface area contributed by atoms with E-state index in [2.05, 4.69) is 4.90 Å². The van der Waals surface area contributed by atoms with E-state index in [4.69, 9.17) is 9.47 Å². The number of hydrogen-bond acceptors (Lipinski definition) is 4. The molecule has 0 aromatic rings. The molecule has 2 heterocycles. The van der Waals surface area contributed by atoms with Gasteiger partial charge < -0.3 is 9.47 Å². The molecule has 0 amide bonds. The predicted molar refractivity (Wildman–Crippen MR) is 74.1 cm³/mol. The van der Waals surface area contributed by atoms with Crippen molar-refractivity contribution >= 4 is 5.97 Å². The molecule has 2 aliphatic rings. The molecule has 0 aromatic heterocycles. The van der Waals surface area contributed by atoms with Gasteiger partial charge in [0.25, 0.3) is 0 Å². The minimum absolute atomic E-state index is 0.0107. The smallest absolute Gasteiger partial charge is 0.307 e. The van der Waals surface area contributed by atoms with Gasteiger partial charge in [-0.1, -0.05) is 6.42 Å². The predicted octanol–water partition coefficient (Wildman–Crippen LogP) is 2.36. The summed E-state index contributed by atoms with van der Waals surface area (Å²) in [6, 6.07) is 0. The highest BCUT2D eigenvalue weighted by molar-refractivity contribution is 5.71. The lowest BCUT2D eigenvalue weighted by Gasteiger charge is -2.45. The molecule has 1 atom stereocenters. The van der Waals surface area contributed by atoms with Crippen molar-refractivity contribution in [3.8, 4) is 0 Å². The summed E-state index contributed by atoms with van der Waals surface area (Å²) >= 11 is 0. The van der Waals surface area contributed by atoms with Gasteiger partial charge in [0.05, 0.1) is 13.0 Å². The summed E-state index contributed by atoms with van der Waals surface area (Å²) in [5, 5.41) is 0. The minimum Gasteiger partial charge on any atom is -0.466 e. The van der Waals surface area contributed by atoms with Crippen LogP contribution in [0.25, 0.3) is 0 Å². The van der Waals surface area contributed by atoms with Crippen LogP contribution in [0.5, 0.6) is 0 Å². The molecule has 4 nitrogen and oxygen atoms in total. The molecule has 19 heavy (non-hydrogen) atoms. The number of carbonyl (C=O) groups excluding carboxylic acids is 1. The molecule has 0 saturated carbocycles. The Bertz CT molecular complexity index is 279. The lowest BCUT2D eigenvalue weighted by atomic mass is 9.83. The lowest BCUT2D eigenvalue weighted by Crippen LogP contribution is -2.52. The van der Waals surface area contributed by atoms with Gasteiger partial charge in [0.15, 0.2) is 0 Å². The maximum Gasteiger partial charge on any atom is 0.307 e. The highest BCUT2D eigenvalue weighted by atomic mass is 16.5. The second-order valence-electron chi connectivity index (χ2n) is 5.72. The summed E-state index contributed by atoms with van der Waals surface area (Å²) < 4.78 is 10.8. The molecule has 0 bridgehead atoms. The third-order valence-electron chi connectivity index (χ3n) is 4.45. The van der Waals surface area contributed by atoms with E-state index in [0.717, 1.165) is 45.6 Å². The summed E-state index contributed by atoms with van der Waals surface area (Å²) in [5.41, 5.74) is -0.0107. The van der Waals surface area contributed by atoms with Crippen LogP contribution >= 0.6 is 0 Å². The maximum atomic E-state index is 12.0. The van der Waals surface area contributed by atoms with Gasteiger partial charge in [-0.3, -0.25) is 9.69 Å². The molecule has 0 aromatic carbocycles. The molecule has 2 saturated heterocycles. The zero-order valence-electron chi connectivity index (χ0n) is 12.2. The highest BCUT2D eigenvalue weighted by Crippen LogP contribution is 2.34. The van der Waals surface area contributed by atoms with E-state index in [1.165, 1.54) is 19.3 Å². The molecule has 0 radical (unpaired) electrons. The molecule has 2 fully saturated rings. The van der Waals surface area contributed by atoms with E-state index in [0.29, 0.717) is 13.0 Å². The Labute approximate surface area is 116 Å². The fourth-order valence-electron chi connectivity index (χ4n) is 3.45. The number of ether oxygens (including phenoxy) is 2. The van der Waals surface area contributed by atoms with Crippen LogP contribution in [0.2, 0.25) is 0 Å². The Hall–Kier alpha value is -0.610. The van der Waals surface area contributed by atoms with Crippen LogP contribution in [0.3, 0.4) is 0 Å². The first-order valence-electron chi connectivity index (χ1n) is 7.75. The first-order valence-corrected chi connectivity index (χ1v) is 7.75. The molecule has 2 rings (SSSR count). The van der Waals surface area contributed by atoms with Crippen LogP contribution in [0.4, 0.5) is 0 Å². The minimum atomic E-state index is -0.0463. The molecule has 0 spiro atoms. The fourth-order valence-corrected chi connectivity index (χ4v) is 3.45. The van der Waals surface area contributed by atoms with Gasteiger partial charge in [0.1, 0.15) is 0 Å². The summed E-state index contributed by atoms with van der Waals surface area (Å²) in [5.74, 6) is -0.0463. The van der Waals surface area contributed by atoms with Crippen molar-refractivity contribution in [3.63, 3.8) is 0 Å². The molecular weight excluding hydrogens is 242 g/mol. The monoisotopic (exact) mass is 269 g/mol. The summed E-state index contributed by atoms with van der Waals surface area (Å²) in [4.78, 5) is 14.5. The third kappa shape index (κ3) is 3.93. The largest absolute Gasteiger partial charge is 0.466 e. The van der Waals surface area contributed by atoms with Crippen molar-refractivity contribution < 1.29 is 14.3 Å². The zero-order chi connectivity index (χ0) is 13.6. The number of esters is 1. The van der Waals surface area contributed by atoms with E-state index in [1.807, 2.05) is 6.92 Å². The average Bonchev–Trinajstić information content (AvgIpc) is 2.66. The summed E-state index contributed by atoms with van der Waals surface area (Å²) in [6.07, 6.45) is 7.44. The lowest BCUT2D eigenvalue weighted by molar-refractivity contribution is -0.147. The quantitative estimate of drug-likeness (QED) is 0.734. The Morgan fingerprint density at radius 1 is 1.16 bits per heavy atom. The standard InChI is InChI=1S/C15H27NO3/c1-2-19-14(17)13-15(7-6-11-18-12-8-15)16-9-4-3-5-10-16/h2-13H2,1H3. The van der Waals surface area contributed by atoms with Crippen molar-refractivity contribution in [2.24, 2.45) is 0 Å². The molecule has 1 unspecified atom stereocenters. The third-order valence-corrected chi connectivity index (χ3v) is 4.45. The van der Waals surface area contributed by atoms with Crippen molar-refractivity contribution in [3.05, 3.63) is 0 Å². The van der Waals surface area contributed by atoms with Gasteiger partial charge >= 0.3 is 5.97 Å². The fraction of sp³-hybridized carbons (Fsp3) is 0.933. The molecule has 4 heteroatoms. The summed E-state index contributed by atoms with van der Waals surface area (Å²) in [7, 11) is 0. The first-order chi connectivity index (χ1) is 9.27. The Morgan fingerprint density at radius 3 is 2.68 bits per heavy atom. The van der Waals surface area contributed by atoms with Gasteiger partial charge in [-0.2, -0.15) is 0 Å². The average molecular weight is 269 g/mol. The molecule has 2 aliphatic heterocycles. The van der Waals surface area contributed by atoms with Gasteiger partial charge in [-0.25, -0.2) is 0 Å². The van der Waals surface area contributed by atoms with E-state index in [-0.39, 0.29) is 11.5 Å².